The Morgan fingerprint density at radius 1 is 0.966 bits per heavy atom. The van der Waals surface area contributed by atoms with E-state index in [9.17, 15) is 9.59 Å². The molecule has 0 bridgehead atoms. The van der Waals surface area contributed by atoms with E-state index in [2.05, 4.69) is 9.88 Å². The molecule has 6 nitrogen and oxygen atoms in total. The Labute approximate surface area is 175 Å². The molecule has 3 heterocycles. The SMILES string of the molecule is O=C(/C=C/c1ccc2ccc(Cl)cc2n1)N1CCN(CC(=O)N2CCCC2)CC1. The van der Waals surface area contributed by atoms with Crippen LogP contribution in [-0.2, 0) is 9.59 Å². The Balaban J connectivity index is 1.30. The Morgan fingerprint density at radius 3 is 2.45 bits per heavy atom. The minimum absolute atomic E-state index is 0.0245. The summed E-state index contributed by atoms with van der Waals surface area (Å²) in [6.07, 6.45) is 5.54. The van der Waals surface area contributed by atoms with Gasteiger partial charge in [0.15, 0.2) is 0 Å². The topological polar surface area (TPSA) is 56.8 Å². The van der Waals surface area contributed by atoms with E-state index in [1.54, 1.807) is 12.2 Å². The summed E-state index contributed by atoms with van der Waals surface area (Å²) in [7, 11) is 0. The molecule has 4 rings (SSSR count). The third kappa shape index (κ3) is 4.95. The number of carbonyl (C=O) groups excluding carboxylic acids is 2. The highest BCUT2D eigenvalue weighted by Crippen LogP contribution is 2.18. The van der Waals surface area contributed by atoms with Crippen LogP contribution in [0.5, 0.6) is 0 Å². The van der Waals surface area contributed by atoms with Crippen LogP contribution in [0.1, 0.15) is 18.5 Å². The number of likely N-dealkylation sites (tertiary alicyclic amines) is 1. The van der Waals surface area contributed by atoms with Gasteiger partial charge >= 0.3 is 0 Å². The van der Waals surface area contributed by atoms with Gasteiger partial charge in [-0.05, 0) is 37.1 Å². The molecule has 0 aliphatic carbocycles. The normalized spacial score (nSPS) is 18.1. The first-order valence-corrected chi connectivity index (χ1v) is 10.5. The van der Waals surface area contributed by atoms with Crippen molar-refractivity contribution in [3.05, 3.63) is 47.1 Å². The summed E-state index contributed by atoms with van der Waals surface area (Å²) in [6, 6.07) is 9.44. The number of fused-ring (bicyclic) bond motifs is 1. The third-order valence-electron chi connectivity index (χ3n) is 5.57. The van der Waals surface area contributed by atoms with E-state index < -0.39 is 0 Å². The number of hydrogen-bond acceptors (Lipinski definition) is 4. The van der Waals surface area contributed by atoms with Crippen molar-refractivity contribution in [2.24, 2.45) is 0 Å². The van der Waals surface area contributed by atoms with Gasteiger partial charge < -0.3 is 9.80 Å². The number of nitrogens with zero attached hydrogens (tertiary/aromatic N) is 4. The van der Waals surface area contributed by atoms with Gasteiger partial charge in [0.1, 0.15) is 0 Å². The molecule has 2 aliphatic heterocycles. The maximum absolute atomic E-state index is 12.5. The molecule has 0 atom stereocenters. The summed E-state index contributed by atoms with van der Waals surface area (Å²) in [5.41, 5.74) is 1.53. The number of halogens is 1. The zero-order chi connectivity index (χ0) is 20.2. The van der Waals surface area contributed by atoms with E-state index >= 15 is 0 Å². The van der Waals surface area contributed by atoms with Crippen molar-refractivity contribution in [3.8, 4) is 0 Å². The highest BCUT2D eigenvalue weighted by Gasteiger charge is 2.24. The molecule has 2 aliphatic rings. The zero-order valence-electron chi connectivity index (χ0n) is 16.4. The molecule has 7 heteroatoms. The molecule has 0 saturated carbocycles. The number of amides is 2. The summed E-state index contributed by atoms with van der Waals surface area (Å²) < 4.78 is 0. The van der Waals surface area contributed by atoms with E-state index in [1.165, 1.54) is 0 Å². The number of benzene rings is 1. The summed E-state index contributed by atoms with van der Waals surface area (Å²) in [5, 5.41) is 1.65. The Bertz CT molecular complexity index is 932. The van der Waals surface area contributed by atoms with Crippen LogP contribution in [0, 0.1) is 0 Å². The lowest BCUT2D eigenvalue weighted by atomic mass is 10.2. The molecule has 29 heavy (non-hydrogen) atoms. The Hall–Kier alpha value is -2.44. The lowest BCUT2D eigenvalue weighted by molar-refractivity contribution is -0.132. The number of carbonyl (C=O) groups is 2. The lowest BCUT2D eigenvalue weighted by Crippen LogP contribution is -2.51. The van der Waals surface area contributed by atoms with E-state index in [0.717, 1.165) is 55.6 Å². The maximum Gasteiger partial charge on any atom is 0.246 e. The second-order valence-corrected chi connectivity index (χ2v) is 8.03. The number of aromatic nitrogens is 1. The molecule has 0 N–H and O–H groups in total. The van der Waals surface area contributed by atoms with Gasteiger partial charge in [-0.1, -0.05) is 23.7 Å². The molecular weight excluding hydrogens is 388 g/mol. The van der Waals surface area contributed by atoms with Gasteiger partial charge in [-0.15, -0.1) is 0 Å². The van der Waals surface area contributed by atoms with Gasteiger partial charge in [-0.25, -0.2) is 4.98 Å². The van der Waals surface area contributed by atoms with Gasteiger partial charge in [-0.2, -0.15) is 0 Å². The molecule has 0 spiro atoms. The van der Waals surface area contributed by atoms with Crippen molar-refractivity contribution < 1.29 is 9.59 Å². The van der Waals surface area contributed by atoms with Crippen molar-refractivity contribution in [2.75, 3.05) is 45.8 Å². The van der Waals surface area contributed by atoms with Crippen LogP contribution >= 0.6 is 11.6 Å². The number of rotatable bonds is 4. The monoisotopic (exact) mass is 412 g/mol. The molecule has 0 radical (unpaired) electrons. The second kappa shape index (κ2) is 8.93. The Kier molecular flexibility index (Phi) is 6.11. The van der Waals surface area contributed by atoms with E-state index in [1.807, 2.05) is 40.1 Å². The van der Waals surface area contributed by atoms with Crippen molar-refractivity contribution in [1.82, 2.24) is 19.7 Å². The molecule has 2 aromatic rings. The van der Waals surface area contributed by atoms with Crippen LogP contribution in [0.4, 0.5) is 0 Å². The zero-order valence-corrected chi connectivity index (χ0v) is 17.1. The fourth-order valence-electron chi connectivity index (χ4n) is 3.85. The first-order chi connectivity index (χ1) is 14.1. The molecule has 2 fully saturated rings. The van der Waals surface area contributed by atoms with Crippen LogP contribution in [0.25, 0.3) is 17.0 Å². The summed E-state index contributed by atoms with van der Waals surface area (Å²) in [5.74, 6) is 0.188. The van der Waals surface area contributed by atoms with Crippen LogP contribution < -0.4 is 0 Å². The number of piperazine rings is 1. The van der Waals surface area contributed by atoms with Crippen LogP contribution in [0.3, 0.4) is 0 Å². The first kappa shape index (κ1) is 19.9. The fourth-order valence-corrected chi connectivity index (χ4v) is 4.01. The summed E-state index contributed by atoms with van der Waals surface area (Å²) >= 11 is 6.03. The molecule has 1 aromatic carbocycles. The van der Waals surface area contributed by atoms with Crippen molar-refractivity contribution >= 4 is 40.4 Å². The van der Waals surface area contributed by atoms with Crippen LogP contribution in [0.15, 0.2) is 36.4 Å². The van der Waals surface area contributed by atoms with Crippen molar-refractivity contribution in [2.45, 2.75) is 12.8 Å². The lowest BCUT2D eigenvalue weighted by Gasteiger charge is -2.34. The summed E-state index contributed by atoms with van der Waals surface area (Å²) in [6.45, 7) is 4.96. The predicted molar refractivity (Wildman–Crippen MR) is 115 cm³/mol. The van der Waals surface area contributed by atoms with Crippen LogP contribution in [-0.4, -0.2) is 77.3 Å². The third-order valence-corrected chi connectivity index (χ3v) is 5.81. The highest BCUT2D eigenvalue weighted by atomic mass is 35.5. The predicted octanol–water partition coefficient (Wildman–Crippen LogP) is 2.67. The highest BCUT2D eigenvalue weighted by molar-refractivity contribution is 6.31. The Morgan fingerprint density at radius 2 is 1.69 bits per heavy atom. The fraction of sp³-hybridized carbons (Fsp3) is 0.409. The first-order valence-electron chi connectivity index (χ1n) is 10.1. The largest absolute Gasteiger partial charge is 0.342 e. The van der Waals surface area contributed by atoms with Crippen LogP contribution in [0.2, 0.25) is 5.02 Å². The van der Waals surface area contributed by atoms with Gasteiger partial charge in [0.25, 0.3) is 0 Å². The molecular formula is C22H25ClN4O2. The molecule has 2 saturated heterocycles. The van der Waals surface area contributed by atoms with Gasteiger partial charge in [0.2, 0.25) is 11.8 Å². The van der Waals surface area contributed by atoms with E-state index in [4.69, 9.17) is 11.6 Å². The number of pyridine rings is 1. The minimum Gasteiger partial charge on any atom is -0.342 e. The number of hydrogen-bond donors (Lipinski definition) is 0. The minimum atomic E-state index is -0.0245. The quantitative estimate of drug-likeness (QED) is 0.724. The van der Waals surface area contributed by atoms with Crippen molar-refractivity contribution in [3.63, 3.8) is 0 Å². The second-order valence-electron chi connectivity index (χ2n) is 7.60. The van der Waals surface area contributed by atoms with Gasteiger partial charge in [0, 0.05) is 55.8 Å². The maximum atomic E-state index is 12.5. The van der Waals surface area contributed by atoms with E-state index in [0.29, 0.717) is 24.7 Å². The average Bonchev–Trinajstić information content (AvgIpc) is 3.27. The molecule has 2 amide bonds. The molecule has 152 valence electrons. The summed E-state index contributed by atoms with van der Waals surface area (Å²) in [4.78, 5) is 35.3. The molecule has 0 unspecified atom stereocenters. The van der Waals surface area contributed by atoms with E-state index in [-0.39, 0.29) is 11.8 Å². The standard InChI is InChI=1S/C22H25ClN4O2/c23-18-5-3-17-4-6-19(24-20(17)15-18)7-8-21(28)27-13-11-25(12-14-27)16-22(29)26-9-1-2-10-26/h3-8,15H,1-2,9-14,16H2/b8-7+. The smallest absolute Gasteiger partial charge is 0.246 e. The van der Waals surface area contributed by atoms with Crippen molar-refractivity contribution in [1.29, 1.82) is 0 Å². The van der Waals surface area contributed by atoms with Gasteiger partial charge in [-0.3, -0.25) is 14.5 Å². The average molecular weight is 413 g/mol. The van der Waals surface area contributed by atoms with Gasteiger partial charge in [0.05, 0.1) is 17.8 Å². The molecule has 1 aromatic heterocycles.